The molecule has 15 heavy (non-hydrogen) atoms. The van der Waals surface area contributed by atoms with Gasteiger partial charge in [-0.15, -0.1) is 0 Å². The monoisotopic (exact) mass is 212 g/mol. The maximum atomic E-state index is 5.38. The second-order valence-corrected chi connectivity index (χ2v) is 5.03. The van der Waals surface area contributed by atoms with Crippen LogP contribution in [0.1, 0.15) is 58.3 Å². The Balaban J connectivity index is 1.27. The van der Waals surface area contributed by atoms with Crippen molar-refractivity contribution in [2.24, 2.45) is 0 Å². The van der Waals surface area contributed by atoms with E-state index < -0.39 is 0 Å². The first-order valence-electron chi connectivity index (χ1n) is 6.63. The number of hydrogen-bond donors (Lipinski definition) is 0. The first-order valence-corrected chi connectivity index (χ1v) is 6.63. The first-order chi connectivity index (χ1) is 7.36. The molecular weight excluding hydrogens is 188 g/mol. The van der Waals surface area contributed by atoms with Gasteiger partial charge in [0.15, 0.2) is 0 Å². The highest BCUT2D eigenvalue weighted by molar-refractivity contribution is 4.79. The van der Waals surface area contributed by atoms with E-state index in [1.54, 1.807) is 0 Å². The minimum atomic E-state index is 0.559. The van der Waals surface area contributed by atoms with Crippen LogP contribution in [0.2, 0.25) is 0 Å². The van der Waals surface area contributed by atoms with Gasteiger partial charge in [0.25, 0.3) is 0 Å². The lowest BCUT2D eigenvalue weighted by atomic mass is 10.1. The largest absolute Gasteiger partial charge is 0.373 e. The van der Waals surface area contributed by atoms with Crippen LogP contribution in [0.3, 0.4) is 0 Å². The van der Waals surface area contributed by atoms with E-state index in [0.717, 1.165) is 6.61 Å². The highest BCUT2D eigenvalue weighted by Gasteiger charge is 2.32. The highest BCUT2D eigenvalue weighted by atomic mass is 16.6. The number of unbranched alkanes of at least 4 members (excludes halogenated alkanes) is 5. The van der Waals surface area contributed by atoms with Gasteiger partial charge in [-0.1, -0.05) is 38.5 Å². The molecular formula is C13H24O2. The molecule has 2 aliphatic rings. The summed E-state index contributed by atoms with van der Waals surface area (Å²) in [6, 6.07) is 0. The fourth-order valence-corrected chi connectivity index (χ4v) is 2.19. The Hall–Kier alpha value is -0.0800. The second-order valence-electron chi connectivity index (χ2n) is 5.03. The zero-order chi connectivity index (χ0) is 10.5. The van der Waals surface area contributed by atoms with E-state index in [0.29, 0.717) is 18.3 Å². The third-order valence-electron chi connectivity index (χ3n) is 3.50. The average Bonchev–Trinajstić information content (AvgIpc) is 3.10. The molecule has 88 valence electrons. The number of ether oxygens (including phenoxy) is 2. The molecule has 0 radical (unpaired) electrons. The predicted molar refractivity (Wildman–Crippen MR) is 61.0 cm³/mol. The Morgan fingerprint density at radius 1 is 0.933 bits per heavy atom. The Kier molecular flexibility index (Phi) is 4.45. The van der Waals surface area contributed by atoms with Crippen LogP contribution < -0.4 is 0 Å². The fourth-order valence-electron chi connectivity index (χ4n) is 2.19. The molecule has 3 atom stereocenters. The summed E-state index contributed by atoms with van der Waals surface area (Å²) in [5.74, 6) is 0. The molecule has 0 bridgehead atoms. The normalized spacial score (nSPS) is 33.0. The third kappa shape index (κ3) is 4.98. The minimum Gasteiger partial charge on any atom is -0.373 e. The van der Waals surface area contributed by atoms with Crippen molar-refractivity contribution in [1.82, 2.24) is 0 Å². The fraction of sp³-hybridized carbons (Fsp3) is 1.00. The lowest BCUT2D eigenvalue weighted by Gasteiger charge is -2.00. The smallest absolute Gasteiger partial charge is 0.0839 e. The van der Waals surface area contributed by atoms with Crippen molar-refractivity contribution in [3.05, 3.63) is 0 Å². The molecule has 2 aliphatic heterocycles. The molecule has 0 saturated carbocycles. The van der Waals surface area contributed by atoms with E-state index in [1.165, 1.54) is 51.4 Å². The third-order valence-corrected chi connectivity index (χ3v) is 3.50. The molecule has 3 unspecified atom stereocenters. The van der Waals surface area contributed by atoms with E-state index in [2.05, 4.69) is 6.92 Å². The van der Waals surface area contributed by atoms with Crippen molar-refractivity contribution in [1.29, 1.82) is 0 Å². The van der Waals surface area contributed by atoms with Crippen molar-refractivity contribution < 1.29 is 9.47 Å². The van der Waals surface area contributed by atoms with Gasteiger partial charge < -0.3 is 9.47 Å². The number of rotatable bonds is 9. The summed E-state index contributed by atoms with van der Waals surface area (Å²) in [6.07, 6.45) is 12.7. The molecule has 0 aromatic rings. The van der Waals surface area contributed by atoms with Gasteiger partial charge in [-0.2, -0.15) is 0 Å². The molecule has 0 spiro atoms. The van der Waals surface area contributed by atoms with Crippen LogP contribution in [0.15, 0.2) is 0 Å². The second kappa shape index (κ2) is 5.86. The Morgan fingerprint density at radius 3 is 2.00 bits per heavy atom. The van der Waals surface area contributed by atoms with Gasteiger partial charge in [0.05, 0.1) is 24.9 Å². The summed E-state index contributed by atoms with van der Waals surface area (Å²) in [5.41, 5.74) is 0. The zero-order valence-corrected chi connectivity index (χ0v) is 9.91. The van der Waals surface area contributed by atoms with Crippen LogP contribution in [0.5, 0.6) is 0 Å². The van der Waals surface area contributed by atoms with Gasteiger partial charge in [-0.3, -0.25) is 0 Å². The van der Waals surface area contributed by atoms with Crippen molar-refractivity contribution in [2.75, 3.05) is 6.61 Å². The van der Waals surface area contributed by atoms with Crippen LogP contribution in [-0.2, 0) is 9.47 Å². The average molecular weight is 212 g/mol. The predicted octanol–water partition coefficient (Wildman–Crippen LogP) is 3.29. The standard InChI is InChI=1S/C13H24O2/c1-11-13(15-11)9-7-5-3-2-4-6-8-12-10-14-12/h11-13H,2-10H2,1H3. The summed E-state index contributed by atoms with van der Waals surface area (Å²) in [6.45, 7) is 3.20. The lowest BCUT2D eigenvalue weighted by molar-refractivity contribution is 0.364. The molecule has 0 N–H and O–H groups in total. The molecule has 0 aliphatic carbocycles. The van der Waals surface area contributed by atoms with Crippen LogP contribution in [0, 0.1) is 0 Å². The van der Waals surface area contributed by atoms with E-state index >= 15 is 0 Å². The van der Waals surface area contributed by atoms with Crippen LogP contribution >= 0.6 is 0 Å². The Morgan fingerprint density at radius 2 is 1.47 bits per heavy atom. The zero-order valence-electron chi connectivity index (χ0n) is 9.91. The number of hydrogen-bond acceptors (Lipinski definition) is 2. The van der Waals surface area contributed by atoms with E-state index in [4.69, 9.17) is 9.47 Å². The summed E-state index contributed by atoms with van der Waals surface area (Å²) in [7, 11) is 0. The van der Waals surface area contributed by atoms with Crippen LogP contribution in [-0.4, -0.2) is 24.9 Å². The minimum absolute atomic E-state index is 0.559. The van der Waals surface area contributed by atoms with E-state index in [-0.39, 0.29) is 0 Å². The molecule has 0 aromatic carbocycles. The first kappa shape index (κ1) is 11.4. The van der Waals surface area contributed by atoms with Gasteiger partial charge in [-0.05, 0) is 19.8 Å². The van der Waals surface area contributed by atoms with Gasteiger partial charge in [0.2, 0.25) is 0 Å². The Bertz CT molecular complexity index is 177. The van der Waals surface area contributed by atoms with Crippen molar-refractivity contribution in [2.45, 2.75) is 76.6 Å². The molecule has 2 fully saturated rings. The maximum absolute atomic E-state index is 5.38. The van der Waals surface area contributed by atoms with Crippen molar-refractivity contribution in [3.8, 4) is 0 Å². The highest BCUT2D eigenvalue weighted by Crippen LogP contribution is 2.26. The molecule has 2 rings (SSSR count). The lowest BCUT2D eigenvalue weighted by Crippen LogP contribution is -1.90. The number of epoxide rings is 2. The van der Waals surface area contributed by atoms with Gasteiger partial charge in [0, 0.05) is 0 Å². The molecule has 2 heteroatoms. The quantitative estimate of drug-likeness (QED) is 0.433. The van der Waals surface area contributed by atoms with Gasteiger partial charge in [-0.25, -0.2) is 0 Å². The molecule has 0 aromatic heterocycles. The summed E-state index contributed by atoms with van der Waals surface area (Å²) in [4.78, 5) is 0. The molecule has 2 saturated heterocycles. The van der Waals surface area contributed by atoms with Crippen molar-refractivity contribution in [3.63, 3.8) is 0 Å². The SMILES string of the molecule is CC1OC1CCCCCCCCC1CO1. The molecule has 2 heterocycles. The van der Waals surface area contributed by atoms with E-state index in [9.17, 15) is 0 Å². The summed E-state index contributed by atoms with van der Waals surface area (Å²) < 4.78 is 10.6. The summed E-state index contributed by atoms with van der Waals surface area (Å²) in [5, 5.41) is 0. The molecule has 0 amide bonds. The van der Waals surface area contributed by atoms with Crippen LogP contribution in [0.4, 0.5) is 0 Å². The maximum Gasteiger partial charge on any atom is 0.0839 e. The van der Waals surface area contributed by atoms with Gasteiger partial charge in [0.1, 0.15) is 0 Å². The molecule has 2 nitrogen and oxygen atoms in total. The van der Waals surface area contributed by atoms with Gasteiger partial charge >= 0.3 is 0 Å². The topological polar surface area (TPSA) is 25.1 Å². The van der Waals surface area contributed by atoms with E-state index in [1.807, 2.05) is 0 Å². The Labute approximate surface area is 93.3 Å². The summed E-state index contributed by atoms with van der Waals surface area (Å²) >= 11 is 0. The van der Waals surface area contributed by atoms with Crippen LogP contribution in [0.25, 0.3) is 0 Å². The van der Waals surface area contributed by atoms with Crippen molar-refractivity contribution >= 4 is 0 Å².